The highest BCUT2D eigenvalue weighted by molar-refractivity contribution is 5.88. The quantitative estimate of drug-likeness (QED) is 0.420. The van der Waals surface area contributed by atoms with E-state index in [1.54, 1.807) is 7.11 Å². The van der Waals surface area contributed by atoms with E-state index in [2.05, 4.69) is 5.16 Å². The minimum atomic E-state index is -0.925. The van der Waals surface area contributed by atoms with E-state index in [4.69, 9.17) is 20.0 Å². The Balaban J connectivity index is 1.78. The second kappa shape index (κ2) is 9.78. The van der Waals surface area contributed by atoms with Crippen LogP contribution in [0.25, 0.3) is 0 Å². The Bertz CT molecular complexity index is 815. The number of carbonyl (C=O) groups is 1. The molecule has 6 nitrogen and oxygen atoms in total. The van der Waals surface area contributed by atoms with Gasteiger partial charge in [0.25, 0.3) is 0 Å². The minimum absolute atomic E-state index is 0.236. The smallest absolute Gasteiger partial charge is 0.430 e. The number of benzene rings is 2. The fourth-order valence-electron chi connectivity index (χ4n) is 3.41. The van der Waals surface area contributed by atoms with Crippen molar-refractivity contribution in [2.24, 2.45) is 10.9 Å². The number of carbonyl (C=O) groups excluding carboxylic acids is 1. The van der Waals surface area contributed by atoms with Gasteiger partial charge in [0.1, 0.15) is 0 Å². The molecule has 6 heteroatoms. The molecule has 0 saturated heterocycles. The molecule has 0 heterocycles. The average molecular weight is 382 g/mol. The lowest BCUT2D eigenvalue weighted by Crippen LogP contribution is -2.15. The maximum Gasteiger partial charge on any atom is 0.430 e. The van der Waals surface area contributed by atoms with Crippen molar-refractivity contribution in [3.05, 3.63) is 59.7 Å². The minimum Gasteiger partial charge on any atom is -0.493 e. The number of methoxy groups -OCH3 is 1. The Morgan fingerprint density at radius 2 is 1.75 bits per heavy atom. The third kappa shape index (κ3) is 5.74. The maximum atomic E-state index is 11.0. The molecule has 1 amide bonds. The summed E-state index contributed by atoms with van der Waals surface area (Å²) in [4.78, 5) is 15.7. The molecule has 3 rings (SSSR count). The molecule has 148 valence electrons. The molecule has 0 unspecified atom stereocenters. The van der Waals surface area contributed by atoms with Crippen LogP contribution in [0, 0.1) is 0 Å². The third-order valence-electron chi connectivity index (χ3n) is 4.75. The van der Waals surface area contributed by atoms with Crippen molar-refractivity contribution in [2.75, 3.05) is 7.11 Å². The number of oxime groups is 1. The third-order valence-corrected chi connectivity index (χ3v) is 4.75. The molecule has 0 spiro atoms. The van der Waals surface area contributed by atoms with Gasteiger partial charge in [0.15, 0.2) is 11.5 Å². The molecule has 2 aromatic rings. The summed E-state index contributed by atoms with van der Waals surface area (Å²) in [6, 6.07) is 15.7. The van der Waals surface area contributed by atoms with Gasteiger partial charge in [0.2, 0.25) is 0 Å². The van der Waals surface area contributed by atoms with Crippen LogP contribution in [0.1, 0.15) is 36.8 Å². The first-order chi connectivity index (χ1) is 13.6. The normalized spacial score (nSPS) is 14.7. The summed E-state index contributed by atoms with van der Waals surface area (Å²) in [6.07, 6.45) is 4.91. The molecule has 0 aliphatic heterocycles. The second-order valence-corrected chi connectivity index (χ2v) is 6.92. The highest BCUT2D eigenvalue weighted by atomic mass is 16.7. The number of ether oxygens (including phenoxy) is 2. The van der Waals surface area contributed by atoms with Crippen molar-refractivity contribution in [3.63, 3.8) is 0 Å². The van der Waals surface area contributed by atoms with Gasteiger partial charge < -0.3 is 15.2 Å². The molecular weight excluding hydrogens is 356 g/mol. The summed E-state index contributed by atoms with van der Waals surface area (Å²) in [5.41, 5.74) is 7.84. The van der Waals surface area contributed by atoms with E-state index in [9.17, 15) is 4.79 Å². The van der Waals surface area contributed by atoms with Crippen molar-refractivity contribution in [3.8, 4) is 11.5 Å². The molecule has 1 fully saturated rings. The first-order valence-electron chi connectivity index (χ1n) is 9.53. The first kappa shape index (κ1) is 19.7. The van der Waals surface area contributed by atoms with Gasteiger partial charge in [-0.3, -0.25) is 4.84 Å². The molecule has 0 aromatic heterocycles. The summed E-state index contributed by atoms with van der Waals surface area (Å²) in [6.45, 7) is 0. The van der Waals surface area contributed by atoms with E-state index in [1.807, 2.05) is 48.5 Å². The van der Waals surface area contributed by atoms with Gasteiger partial charge in [0.05, 0.1) is 18.9 Å². The summed E-state index contributed by atoms with van der Waals surface area (Å²) in [5, 5.41) is 3.96. The molecule has 0 atom stereocenters. The molecular formula is C22H26N2O4. The Kier molecular flexibility index (Phi) is 6.89. The second-order valence-electron chi connectivity index (χ2n) is 6.92. The summed E-state index contributed by atoms with van der Waals surface area (Å²) < 4.78 is 11.6. The van der Waals surface area contributed by atoms with E-state index < -0.39 is 6.09 Å². The van der Waals surface area contributed by atoms with Crippen LogP contribution in [0.15, 0.2) is 53.7 Å². The predicted molar refractivity (Wildman–Crippen MR) is 108 cm³/mol. The molecule has 28 heavy (non-hydrogen) atoms. The van der Waals surface area contributed by atoms with E-state index in [0.29, 0.717) is 24.3 Å². The molecule has 0 radical (unpaired) electrons. The van der Waals surface area contributed by atoms with E-state index in [0.717, 1.165) is 29.7 Å². The zero-order chi connectivity index (χ0) is 19.8. The van der Waals surface area contributed by atoms with Gasteiger partial charge in [-0.2, -0.15) is 0 Å². The number of rotatable bonds is 8. The van der Waals surface area contributed by atoms with E-state index in [-0.39, 0.29) is 6.10 Å². The maximum absolute atomic E-state index is 11.0. The van der Waals surface area contributed by atoms with Crippen molar-refractivity contribution >= 4 is 11.8 Å². The largest absolute Gasteiger partial charge is 0.493 e. The van der Waals surface area contributed by atoms with Crippen LogP contribution in [0.4, 0.5) is 4.79 Å². The molecule has 2 N–H and O–H groups in total. The standard InChI is InChI=1S/C22H26N2O4/c1-26-20-12-11-17(15-21(20)27-19-9-5-6-10-19)14-18(24-28-22(23)25)13-16-7-3-2-4-8-16/h2-4,7-8,11-12,15,19H,5-6,9-10,13-14H2,1H3,(H2,23,25). The van der Waals surface area contributed by atoms with Gasteiger partial charge in [-0.25, -0.2) is 4.79 Å². The monoisotopic (exact) mass is 382 g/mol. The topological polar surface area (TPSA) is 83.1 Å². The van der Waals surface area contributed by atoms with Gasteiger partial charge >= 0.3 is 6.09 Å². The lowest BCUT2D eigenvalue weighted by atomic mass is 10.0. The number of nitrogens with two attached hydrogens (primary N) is 1. The molecule has 1 saturated carbocycles. The lowest BCUT2D eigenvalue weighted by molar-refractivity contribution is 0.161. The number of primary amides is 1. The van der Waals surface area contributed by atoms with Crippen LogP contribution in [0.2, 0.25) is 0 Å². The van der Waals surface area contributed by atoms with Gasteiger partial charge in [-0.1, -0.05) is 41.6 Å². The van der Waals surface area contributed by atoms with Crippen LogP contribution in [-0.2, 0) is 17.7 Å². The van der Waals surface area contributed by atoms with Crippen LogP contribution in [0.3, 0.4) is 0 Å². The fraction of sp³-hybridized carbons (Fsp3) is 0.364. The zero-order valence-electron chi connectivity index (χ0n) is 16.1. The summed E-state index contributed by atoms with van der Waals surface area (Å²) in [7, 11) is 1.64. The summed E-state index contributed by atoms with van der Waals surface area (Å²) in [5.74, 6) is 1.45. The van der Waals surface area contributed by atoms with E-state index >= 15 is 0 Å². The fourth-order valence-corrected chi connectivity index (χ4v) is 3.41. The summed E-state index contributed by atoms with van der Waals surface area (Å²) >= 11 is 0. The number of nitrogens with zero attached hydrogens (tertiary/aromatic N) is 1. The van der Waals surface area contributed by atoms with Crippen molar-refractivity contribution in [1.29, 1.82) is 0 Å². The highest BCUT2D eigenvalue weighted by Gasteiger charge is 2.19. The molecule has 1 aliphatic carbocycles. The van der Waals surface area contributed by atoms with E-state index in [1.165, 1.54) is 12.8 Å². The van der Waals surface area contributed by atoms with Crippen molar-refractivity contribution < 1.29 is 19.1 Å². The van der Waals surface area contributed by atoms with Crippen molar-refractivity contribution in [2.45, 2.75) is 44.6 Å². The Morgan fingerprint density at radius 3 is 2.43 bits per heavy atom. The van der Waals surface area contributed by atoms with Gasteiger partial charge in [-0.15, -0.1) is 0 Å². The van der Waals surface area contributed by atoms with Gasteiger partial charge in [-0.05, 0) is 48.9 Å². The van der Waals surface area contributed by atoms with Crippen LogP contribution < -0.4 is 15.2 Å². The zero-order valence-corrected chi connectivity index (χ0v) is 16.1. The average Bonchev–Trinajstić information content (AvgIpc) is 3.20. The molecule has 1 aliphatic rings. The predicted octanol–water partition coefficient (Wildman–Crippen LogP) is 4.25. The Morgan fingerprint density at radius 1 is 1.04 bits per heavy atom. The number of amides is 1. The van der Waals surface area contributed by atoms with Crippen LogP contribution >= 0.6 is 0 Å². The van der Waals surface area contributed by atoms with Crippen LogP contribution in [0.5, 0.6) is 11.5 Å². The lowest BCUT2D eigenvalue weighted by Gasteiger charge is -2.17. The molecule has 2 aromatic carbocycles. The SMILES string of the molecule is COc1ccc(CC(Cc2ccccc2)=NOC(N)=O)cc1OC1CCCC1. The molecule has 0 bridgehead atoms. The highest BCUT2D eigenvalue weighted by Crippen LogP contribution is 2.32. The van der Waals surface area contributed by atoms with Crippen LogP contribution in [-0.4, -0.2) is 25.0 Å². The van der Waals surface area contributed by atoms with Crippen molar-refractivity contribution in [1.82, 2.24) is 0 Å². The number of hydrogen-bond donors (Lipinski definition) is 1. The Hall–Kier alpha value is -3.02. The number of hydrogen-bond acceptors (Lipinski definition) is 5. The first-order valence-corrected chi connectivity index (χ1v) is 9.53. The Labute approximate surface area is 165 Å². The van der Waals surface area contributed by atoms with Gasteiger partial charge in [0, 0.05) is 12.8 Å².